The van der Waals surface area contributed by atoms with Crippen molar-refractivity contribution < 1.29 is 19.5 Å². The zero-order valence-electron chi connectivity index (χ0n) is 16.1. The van der Waals surface area contributed by atoms with E-state index >= 15 is 0 Å². The molecule has 2 saturated heterocycles. The average molecular weight is 374 g/mol. The highest BCUT2D eigenvalue weighted by atomic mass is 16.6. The molecule has 27 heavy (non-hydrogen) atoms. The van der Waals surface area contributed by atoms with Gasteiger partial charge in [0.2, 0.25) is 0 Å². The first-order valence-corrected chi connectivity index (χ1v) is 9.30. The van der Waals surface area contributed by atoms with E-state index in [1.54, 1.807) is 13.0 Å². The van der Waals surface area contributed by atoms with Crippen LogP contribution in [0.3, 0.4) is 0 Å². The van der Waals surface area contributed by atoms with E-state index in [1.807, 2.05) is 12.1 Å². The molecule has 0 aromatic heterocycles. The van der Waals surface area contributed by atoms with E-state index in [0.717, 1.165) is 18.7 Å². The second-order valence-corrected chi connectivity index (χ2v) is 8.17. The number of nitrogens with one attached hydrogen (secondary N) is 1. The van der Waals surface area contributed by atoms with Gasteiger partial charge in [-0.2, -0.15) is 0 Å². The number of anilines is 1. The molecule has 2 amide bonds. The second kappa shape index (κ2) is 6.10. The molecule has 1 aromatic carbocycles. The van der Waals surface area contributed by atoms with Crippen LogP contribution in [0.2, 0.25) is 0 Å². The molecular formula is C19H26N4O4. The van der Waals surface area contributed by atoms with Crippen LogP contribution in [-0.4, -0.2) is 66.1 Å². The number of amides is 2. The number of nitrogens with zero attached hydrogens (tertiary/aromatic N) is 3. The van der Waals surface area contributed by atoms with Gasteiger partial charge in [0.15, 0.2) is 0 Å². The SMILES string of the molecule is CC1CC(NC(=O)Oc2ccc3c(c2)[C@]2(C)CCN(C)[C@@H]2N3C)C(=O)N1O. The van der Waals surface area contributed by atoms with Gasteiger partial charge in [0.25, 0.3) is 5.91 Å². The summed E-state index contributed by atoms with van der Waals surface area (Å²) in [7, 11) is 4.23. The van der Waals surface area contributed by atoms with Crippen molar-refractivity contribution in [2.24, 2.45) is 0 Å². The van der Waals surface area contributed by atoms with Gasteiger partial charge in [0, 0.05) is 24.7 Å². The Balaban J connectivity index is 1.50. The van der Waals surface area contributed by atoms with Crippen molar-refractivity contribution in [2.45, 2.75) is 50.4 Å². The van der Waals surface area contributed by atoms with Gasteiger partial charge < -0.3 is 15.0 Å². The molecule has 2 fully saturated rings. The van der Waals surface area contributed by atoms with Gasteiger partial charge in [-0.15, -0.1) is 0 Å². The van der Waals surface area contributed by atoms with Crippen LogP contribution in [0.15, 0.2) is 18.2 Å². The Morgan fingerprint density at radius 2 is 2.11 bits per heavy atom. The van der Waals surface area contributed by atoms with E-state index in [-0.39, 0.29) is 11.5 Å². The average Bonchev–Trinajstić information content (AvgIpc) is 3.14. The third kappa shape index (κ3) is 2.66. The van der Waals surface area contributed by atoms with Crippen molar-refractivity contribution in [3.05, 3.63) is 23.8 Å². The fraction of sp³-hybridized carbons (Fsp3) is 0.579. The van der Waals surface area contributed by atoms with Crippen molar-refractivity contribution >= 4 is 17.7 Å². The Kier molecular flexibility index (Phi) is 4.08. The lowest BCUT2D eigenvalue weighted by molar-refractivity contribution is -0.164. The summed E-state index contributed by atoms with van der Waals surface area (Å²) in [6, 6.07) is 4.60. The number of benzene rings is 1. The molecule has 4 rings (SSSR count). The van der Waals surface area contributed by atoms with E-state index in [4.69, 9.17) is 4.74 Å². The minimum atomic E-state index is -0.761. The number of likely N-dealkylation sites (N-methyl/N-ethyl adjacent to an activating group) is 2. The molecule has 8 nitrogen and oxygen atoms in total. The molecule has 146 valence electrons. The summed E-state index contributed by atoms with van der Waals surface area (Å²) >= 11 is 0. The molecule has 2 unspecified atom stereocenters. The zero-order chi connectivity index (χ0) is 19.5. The molecule has 0 saturated carbocycles. The fourth-order valence-electron chi connectivity index (χ4n) is 4.94. The number of carbonyl (C=O) groups excluding carboxylic acids is 2. The molecule has 0 bridgehead atoms. The van der Waals surface area contributed by atoms with Crippen LogP contribution < -0.4 is 15.0 Å². The van der Waals surface area contributed by atoms with Crippen molar-refractivity contribution in [3.63, 3.8) is 0 Å². The van der Waals surface area contributed by atoms with E-state index in [0.29, 0.717) is 23.4 Å². The number of ether oxygens (including phenoxy) is 1. The van der Waals surface area contributed by atoms with Crippen molar-refractivity contribution in [2.75, 3.05) is 25.5 Å². The van der Waals surface area contributed by atoms with Crippen LogP contribution in [0.1, 0.15) is 32.3 Å². The van der Waals surface area contributed by atoms with Gasteiger partial charge >= 0.3 is 6.09 Å². The van der Waals surface area contributed by atoms with Crippen LogP contribution in [0.25, 0.3) is 0 Å². The van der Waals surface area contributed by atoms with Gasteiger partial charge in [-0.1, -0.05) is 6.92 Å². The number of hydrogen-bond donors (Lipinski definition) is 2. The molecule has 4 atom stereocenters. The second-order valence-electron chi connectivity index (χ2n) is 8.17. The Hall–Kier alpha value is -2.32. The number of likely N-dealkylation sites (tertiary alicyclic amines) is 1. The number of hydroxylamine groups is 2. The first kappa shape index (κ1) is 18.1. The summed E-state index contributed by atoms with van der Waals surface area (Å²) in [5, 5.41) is 12.8. The monoisotopic (exact) mass is 374 g/mol. The van der Waals surface area contributed by atoms with Gasteiger partial charge in [0.05, 0.1) is 12.2 Å². The lowest BCUT2D eigenvalue weighted by atomic mass is 9.81. The van der Waals surface area contributed by atoms with Crippen LogP contribution in [0.5, 0.6) is 5.75 Å². The Bertz CT molecular complexity index is 800. The summed E-state index contributed by atoms with van der Waals surface area (Å²) in [6.07, 6.45) is 1.00. The Morgan fingerprint density at radius 3 is 2.78 bits per heavy atom. The highest BCUT2D eigenvalue weighted by Gasteiger charge is 2.52. The predicted molar refractivity (Wildman–Crippen MR) is 98.9 cm³/mol. The molecule has 8 heteroatoms. The Morgan fingerprint density at radius 1 is 1.37 bits per heavy atom. The molecular weight excluding hydrogens is 348 g/mol. The van der Waals surface area contributed by atoms with Crippen molar-refractivity contribution in [1.29, 1.82) is 0 Å². The molecule has 0 aliphatic carbocycles. The minimum Gasteiger partial charge on any atom is -0.410 e. The molecule has 1 aromatic rings. The van der Waals surface area contributed by atoms with Crippen LogP contribution in [0, 0.1) is 0 Å². The molecule has 3 aliphatic heterocycles. The number of hydrogen-bond acceptors (Lipinski definition) is 6. The predicted octanol–water partition coefficient (Wildman–Crippen LogP) is 1.52. The maximum atomic E-state index is 12.2. The maximum absolute atomic E-state index is 12.2. The van der Waals surface area contributed by atoms with Gasteiger partial charge in [-0.25, -0.2) is 9.86 Å². The third-order valence-electron chi connectivity index (χ3n) is 6.32. The molecule has 3 aliphatic rings. The van der Waals surface area contributed by atoms with Crippen LogP contribution in [0.4, 0.5) is 10.5 Å². The van der Waals surface area contributed by atoms with Gasteiger partial charge in [0.1, 0.15) is 11.8 Å². The standard InChI is InChI=1S/C19H26N4O4/c1-11-9-14(16(24)23(11)26)20-18(25)27-12-5-6-15-13(10-12)19(2)7-8-21(3)17(19)22(15)4/h5-6,10-11,14,17,26H,7-9H2,1-4H3,(H,20,25)/t11?,14?,17-,19+/m1/s1. The quantitative estimate of drug-likeness (QED) is 0.764. The number of fused-ring (bicyclic) bond motifs is 3. The lowest BCUT2D eigenvalue weighted by Crippen LogP contribution is -2.45. The molecule has 2 N–H and O–H groups in total. The largest absolute Gasteiger partial charge is 0.413 e. The van der Waals surface area contributed by atoms with Crippen molar-refractivity contribution in [1.82, 2.24) is 15.3 Å². The highest BCUT2D eigenvalue weighted by Crippen LogP contribution is 2.51. The summed E-state index contributed by atoms with van der Waals surface area (Å²) in [4.78, 5) is 28.8. The van der Waals surface area contributed by atoms with Crippen LogP contribution >= 0.6 is 0 Å². The zero-order valence-corrected chi connectivity index (χ0v) is 16.1. The summed E-state index contributed by atoms with van der Waals surface area (Å²) in [5.74, 6) is -0.0604. The third-order valence-corrected chi connectivity index (χ3v) is 6.32. The van der Waals surface area contributed by atoms with E-state index in [1.165, 1.54) is 5.56 Å². The smallest absolute Gasteiger partial charge is 0.410 e. The molecule has 0 spiro atoms. The topological polar surface area (TPSA) is 85.4 Å². The van der Waals surface area contributed by atoms with Crippen LogP contribution in [-0.2, 0) is 10.2 Å². The Labute approximate surface area is 158 Å². The van der Waals surface area contributed by atoms with Crippen molar-refractivity contribution in [3.8, 4) is 5.75 Å². The lowest BCUT2D eigenvalue weighted by Gasteiger charge is -2.32. The normalized spacial score (nSPS) is 32.6. The van der Waals surface area contributed by atoms with E-state index in [2.05, 4.69) is 36.1 Å². The van der Waals surface area contributed by atoms with E-state index in [9.17, 15) is 14.8 Å². The minimum absolute atomic E-state index is 0.0110. The van der Waals surface area contributed by atoms with E-state index < -0.39 is 18.0 Å². The maximum Gasteiger partial charge on any atom is 0.413 e. The first-order valence-electron chi connectivity index (χ1n) is 9.30. The number of rotatable bonds is 2. The number of carbonyl (C=O) groups is 2. The van der Waals surface area contributed by atoms with Gasteiger partial charge in [-0.05, 0) is 50.6 Å². The fourth-order valence-corrected chi connectivity index (χ4v) is 4.94. The summed E-state index contributed by atoms with van der Waals surface area (Å²) in [6.45, 7) is 5.00. The first-order chi connectivity index (χ1) is 12.7. The van der Waals surface area contributed by atoms with Gasteiger partial charge in [-0.3, -0.25) is 14.9 Å². The molecule has 3 heterocycles. The highest BCUT2D eigenvalue weighted by molar-refractivity contribution is 5.87. The molecule has 0 radical (unpaired) electrons. The summed E-state index contributed by atoms with van der Waals surface area (Å²) in [5.41, 5.74) is 2.32. The summed E-state index contributed by atoms with van der Waals surface area (Å²) < 4.78 is 5.44.